The first-order valence-electron chi connectivity index (χ1n) is 7.10. The second-order valence-corrected chi connectivity index (χ2v) is 5.97. The fourth-order valence-corrected chi connectivity index (χ4v) is 3.12. The minimum Gasteiger partial charge on any atom is -0.378 e. The van der Waals surface area contributed by atoms with Crippen LogP contribution in [0.2, 0.25) is 0 Å². The third-order valence-corrected chi connectivity index (χ3v) is 4.55. The Hall–Kier alpha value is -0.890. The number of rotatable bonds is 4. The highest BCUT2D eigenvalue weighted by atomic mass is 16.5. The first-order valence-corrected chi connectivity index (χ1v) is 7.10. The van der Waals surface area contributed by atoms with E-state index in [0.29, 0.717) is 0 Å². The van der Waals surface area contributed by atoms with Crippen molar-refractivity contribution in [3.63, 3.8) is 0 Å². The van der Waals surface area contributed by atoms with Crippen LogP contribution >= 0.6 is 0 Å². The molecule has 0 N–H and O–H groups in total. The molecule has 18 heavy (non-hydrogen) atoms. The van der Waals surface area contributed by atoms with Crippen LogP contribution in [0.4, 0.5) is 0 Å². The molecule has 0 bridgehead atoms. The summed E-state index contributed by atoms with van der Waals surface area (Å²) in [5.41, 5.74) is 1.18. The summed E-state index contributed by atoms with van der Waals surface area (Å²) in [7, 11) is 1.86. The zero-order valence-corrected chi connectivity index (χ0v) is 11.9. The molecular weight excluding hydrogens is 222 g/mol. The van der Waals surface area contributed by atoms with Crippen LogP contribution < -0.4 is 0 Å². The topological polar surface area (TPSA) is 22.1 Å². The fraction of sp³-hybridized carbons (Fsp3) is 0.688. The summed E-state index contributed by atoms with van der Waals surface area (Å²) in [4.78, 5) is 4.44. The van der Waals surface area contributed by atoms with E-state index in [4.69, 9.17) is 4.74 Å². The minimum atomic E-state index is 0.0275. The van der Waals surface area contributed by atoms with E-state index in [-0.39, 0.29) is 5.60 Å². The van der Waals surface area contributed by atoms with Crippen molar-refractivity contribution in [3.8, 4) is 0 Å². The van der Waals surface area contributed by atoms with E-state index in [1.165, 1.54) is 25.7 Å². The van der Waals surface area contributed by atoms with Crippen molar-refractivity contribution in [2.24, 2.45) is 11.8 Å². The average Bonchev–Trinajstić information content (AvgIpc) is 2.40. The summed E-state index contributed by atoms with van der Waals surface area (Å²) in [5.74, 6) is 1.67. The van der Waals surface area contributed by atoms with Crippen molar-refractivity contribution in [1.29, 1.82) is 0 Å². The van der Waals surface area contributed by atoms with Gasteiger partial charge in [0.05, 0.1) is 5.60 Å². The molecule has 0 aromatic carbocycles. The van der Waals surface area contributed by atoms with Gasteiger partial charge < -0.3 is 4.74 Å². The van der Waals surface area contributed by atoms with Gasteiger partial charge in [-0.3, -0.25) is 4.98 Å². The number of pyridine rings is 1. The molecule has 1 saturated carbocycles. The van der Waals surface area contributed by atoms with Crippen LogP contribution in [-0.2, 0) is 11.2 Å². The molecule has 0 radical (unpaired) electrons. The standard InChI is InChI=1S/C16H25NO/c1-13(2)14-7-9-16(18-3,10-8-14)12-15-6-4-5-11-17-15/h4-6,11,13-14H,7-10,12H2,1-3H3. The molecule has 1 aromatic rings. The highest BCUT2D eigenvalue weighted by Gasteiger charge is 2.36. The van der Waals surface area contributed by atoms with E-state index in [1.54, 1.807) is 0 Å². The predicted octanol–water partition coefficient (Wildman–Crippen LogP) is 3.86. The summed E-state index contributed by atoms with van der Waals surface area (Å²) in [6, 6.07) is 6.14. The first-order chi connectivity index (χ1) is 8.65. The molecule has 1 aliphatic rings. The van der Waals surface area contributed by atoms with Crippen molar-refractivity contribution in [1.82, 2.24) is 4.98 Å². The van der Waals surface area contributed by atoms with Gasteiger partial charge in [-0.1, -0.05) is 19.9 Å². The van der Waals surface area contributed by atoms with Gasteiger partial charge in [-0.2, -0.15) is 0 Å². The Morgan fingerprint density at radius 1 is 1.33 bits per heavy atom. The predicted molar refractivity (Wildman–Crippen MR) is 74.5 cm³/mol. The number of hydrogen-bond donors (Lipinski definition) is 0. The Balaban J connectivity index is 2.00. The van der Waals surface area contributed by atoms with Gasteiger partial charge in [0.15, 0.2) is 0 Å². The molecule has 0 aliphatic heterocycles. The third-order valence-electron chi connectivity index (χ3n) is 4.55. The Bertz CT molecular complexity index is 353. The second-order valence-electron chi connectivity index (χ2n) is 5.97. The Labute approximate surface area is 111 Å². The van der Waals surface area contributed by atoms with Gasteiger partial charge in [-0.05, 0) is 49.7 Å². The lowest BCUT2D eigenvalue weighted by atomic mass is 9.73. The molecule has 2 heteroatoms. The van der Waals surface area contributed by atoms with Crippen molar-refractivity contribution < 1.29 is 4.74 Å². The molecule has 1 aliphatic carbocycles. The molecule has 2 rings (SSSR count). The van der Waals surface area contributed by atoms with Crippen LogP contribution in [0.3, 0.4) is 0 Å². The van der Waals surface area contributed by atoms with Crippen LogP contribution in [0, 0.1) is 11.8 Å². The lowest BCUT2D eigenvalue weighted by Crippen LogP contribution is -2.39. The van der Waals surface area contributed by atoms with Gasteiger partial charge in [0, 0.05) is 25.4 Å². The normalized spacial score (nSPS) is 28.6. The van der Waals surface area contributed by atoms with E-state index >= 15 is 0 Å². The number of nitrogens with zero attached hydrogens (tertiary/aromatic N) is 1. The maximum atomic E-state index is 5.87. The van der Waals surface area contributed by atoms with E-state index in [9.17, 15) is 0 Å². The van der Waals surface area contributed by atoms with Gasteiger partial charge in [0.25, 0.3) is 0 Å². The Morgan fingerprint density at radius 2 is 2.06 bits per heavy atom. The largest absolute Gasteiger partial charge is 0.378 e. The molecule has 100 valence electrons. The van der Waals surface area contributed by atoms with Crippen molar-refractivity contribution in [2.45, 2.75) is 51.6 Å². The number of hydrogen-bond acceptors (Lipinski definition) is 2. The van der Waals surface area contributed by atoms with E-state index in [2.05, 4.69) is 31.0 Å². The smallest absolute Gasteiger partial charge is 0.0734 e. The first kappa shape index (κ1) is 13.5. The highest BCUT2D eigenvalue weighted by Crippen LogP contribution is 2.39. The van der Waals surface area contributed by atoms with Gasteiger partial charge in [-0.15, -0.1) is 0 Å². The number of ether oxygens (including phenoxy) is 1. The van der Waals surface area contributed by atoms with Crippen LogP contribution in [0.25, 0.3) is 0 Å². The van der Waals surface area contributed by atoms with Crippen molar-refractivity contribution in [2.75, 3.05) is 7.11 Å². The maximum absolute atomic E-state index is 5.87. The maximum Gasteiger partial charge on any atom is 0.0734 e. The summed E-state index contributed by atoms with van der Waals surface area (Å²) in [6.07, 6.45) is 7.75. The Kier molecular flexibility index (Phi) is 4.39. The van der Waals surface area contributed by atoms with Crippen LogP contribution in [0.1, 0.15) is 45.2 Å². The third kappa shape index (κ3) is 3.11. The lowest BCUT2D eigenvalue weighted by molar-refractivity contribution is -0.0531. The van der Waals surface area contributed by atoms with Crippen molar-refractivity contribution >= 4 is 0 Å². The fourth-order valence-electron chi connectivity index (χ4n) is 3.12. The van der Waals surface area contributed by atoms with Crippen LogP contribution in [0.5, 0.6) is 0 Å². The van der Waals surface area contributed by atoms with Crippen molar-refractivity contribution in [3.05, 3.63) is 30.1 Å². The molecule has 1 heterocycles. The summed E-state index contributed by atoms with van der Waals surface area (Å²) < 4.78 is 5.87. The summed E-state index contributed by atoms with van der Waals surface area (Å²) in [6.45, 7) is 4.67. The quantitative estimate of drug-likeness (QED) is 0.806. The summed E-state index contributed by atoms with van der Waals surface area (Å²) in [5, 5.41) is 0. The molecule has 0 spiro atoms. The average molecular weight is 247 g/mol. The lowest BCUT2D eigenvalue weighted by Gasteiger charge is -2.40. The Morgan fingerprint density at radius 3 is 2.56 bits per heavy atom. The van der Waals surface area contributed by atoms with Gasteiger partial charge >= 0.3 is 0 Å². The van der Waals surface area contributed by atoms with E-state index in [0.717, 1.165) is 24.0 Å². The number of aromatic nitrogens is 1. The molecule has 1 fully saturated rings. The molecule has 0 amide bonds. The van der Waals surface area contributed by atoms with Crippen LogP contribution in [-0.4, -0.2) is 17.7 Å². The summed E-state index contributed by atoms with van der Waals surface area (Å²) >= 11 is 0. The van der Waals surface area contributed by atoms with Crippen LogP contribution in [0.15, 0.2) is 24.4 Å². The van der Waals surface area contributed by atoms with E-state index < -0.39 is 0 Å². The minimum absolute atomic E-state index is 0.0275. The van der Waals surface area contributed by atoms with E-state index in [1.807, 2.05) is 19.4 Å². The zero-order chi connectivity index (χ0) is 13.0. The molecule has 0 saturated heterocycles. The van der Waals surface area contributed by atoms with Gasteiger partial charge in [-0.25, -0.2) is 0 Å². The van der Waals surface area contributed by atoms with Gasteiger partial charge in [0.2, 0.25) is 0 Å². The molecular formula is C16H25NO. The number of methoxy groups -OCH3 is 1. The monoisotopic (exact) mass is 247 g/mol. The molecule has 0 unspecified atom stereocenters. The zero-order valence-electron chi connectivity index (χ0n) is 11.9. The molecule has 1 aromatic heterocycles. The molecule has 2 nitrogen and oxygen atoms in total. The highest BCUT2D eigenvalue weighted by molar-refractivity contribution is 5.08. The SMILES string of the molecule is COC1(Cc2ccccn2)CCC(C(C)C)CC1. The molecule has 0 atom stereocenters. The second kappa shape index (κ2) is 5.83. The van der Waals surface area contributed by atoms with Gasteiger partial charge in [0.1, 0.15) is 0 Å².